The van der Waals surface area contributed by atoms with Crippen molar-refractivity contribution in [3.63, 3.8) is 0 Å². The summed E-state index contributed by atoms with van der Waals surface area (Å²) in [5, 5.41) is 4.06. The van der Waals surface area contributed by atoms with Crippen LogP contribution in [0.3, 0.4) is 0 Å². The van der Waals surface area contributed by atoms with Crippen LogP contribution in [-0.4, -0.2) is 41.1 Å². The molecule has 0 saturated carbocycles. The number of para-hydroxylation sites is 1. The number of rotatable bonds is 13. The Kier molecular flexibility index (Phi) is 10.5. The van der Waals surface area contributed by atoms with Gasteiger partial charge in [0.2, 0.25) is 5.91 Å². The highest BCUT2D eigenvalue weighted by Crippen LogP contribution is 2.38. The van der Waals surface area contributed by atoms with Crippen molar-refractivity contribution in [2.24, 2.45) is 0 Å². The molecule has 0 aliphatic carbocycles. The zero-order valence-electron chi connectivity index (χ0n) is 25.0. The van der Waals surface area contributed by atoms with Gasteiger partial charge in [-0.05, 0) is 75.1 Å². The highest BCUT2D eigenvalue weighted by molar-refractivity contribution is 5.87. The first-order chi connectivity index (χ1) is 20.1. The van der Waals surface area contributed by atoms with Gasteiger partial charge in [-0.3, -0.25) is 4.79 Å². The molecule has 42 heavy (non-hydrogen) atoms. The number of nitrogens with zero attached hydrogens (tertiary/aromatic N) is 2. The molecule has 0 radical (unpaired) electrons. The van der Waals surface area contributed by atoms with E-state index in [1.54, 1.807) is 6.07 Å². The van der Waals surface area contributed by atoms with Gasteiger partial charge in [0.1, 0.15) is 0 Å². The van der Waals surface area contributed by atoms with E-state index in [0.29, 0.717) is 12.1 Å². The third kappa shape index (κ3) is 8.03. The molecule has 2 atom stereocenters. The van der Waals surface area contributed by atoms with Gasteiger partial charge >= 0.3 is 6.18 Å². The number of hydrogen-bond donors (Lipinski definition) is 1. The van der Waals surface area contributed by atoms with E-state index >= 15 is 0 Å². The lowest BCUT2D eigenvalue weighted by atomic mass is 9.87. The lowest BCUT2D eigenvalue weighted by Gasteiger charge is -2.22. The number of carbonyl (C=O) groups is 1. The fourth-order valence-corrected chi connectivity index (χ4v) is 5.67. The molecule has 7 heteroatoms. The van der Waals surface area contributed by atoms with Crippen LogP contribution in [0.2, 0.25) is 0 Å². The van der Waals surface area contributed by atoms with Crippen LogP contribution < -0.4 is 5.32 Å². The predicted octanol–water partition coefficient (Wildman–Crippen LogP) is 8.17. The number of nitrogens with one attached hydrogen (secondary N) is 1. The van der Waals surface area contributed by atoms with Gasteiger partial charge in [-0.1, -0.05) is 80.1 Å². The van der Waals surface area contributed by atoms with E-state index in [2.05, 4.69) is 52.9 Å². The van der Waals surface area contributed by atoms with Crippen LogP contribution in [0.5, 0.6) is 0 Å². The zero-order valence-corrected chi connectivity index (χ0v) is 25.0. The van der Waals surface area contributed by atoms with Crippen LogP contribution in [0.25, 0.3) is 10.9 Å². The van der Waals surface area contributed by atoms with Crippen molar-refractivity contribution in [2.45, 2.75) is 71.6 Å². The smallest absolute Gasteiger partial charge is 0.354 e. The Labute approximate surface area is 247 Å². The first-order valence-corrected chi connectivity index (χ1v) is 14.9. The molecule has 0 aliphatic heterocycles. The van der Waals surface area contributed by atoms with Gasteiger partial charge in [0.25, 0.3) is 0 Å². The molecular formula is C35H42F3N3O. The molecule has 1 N–H and O–H groups in total. The highest BCUT2D eigenvalue weighted by atomic mass is 19.4. The molecule has 1 heterocycles. The third-order valence-corrected chi connectivity index (χ3v) is 8.09. The van der Waals surface area contributed by atoms with Crippen LogP contribution in [0.1, 0.15) is 73.8 Å². The van der Waals surface area contributed by atoms with Gasteiger partial charge in [0, 0.05) is 42.0 Å². The molecule has 0 fully saturated rings. The van der Waals surface area contributed by atoms with E-state index < -0.39 is 17.7 Å². The normalized spacial score (nSPS) is 13.4. The summed E-state index contributed by atoms with van der Waals surface area (Å²) in [6, 6.07) is 21.6. The fourth-order valence-electron chi connectivity index (χ4n) is 5.67. The molecule has 0 unspecified atom stereocenters. The van der Waals surface area contributed by atoms with E-state index in [9.17, 15) is 18.0 Å². The predicted molar refractivity (Wildman–Crippen MR) is 165 cm³/mol. The van der Waals surface area contributed by atoms with Crippen LogP contribution in [0, 0.1) is 6.92 Å². The summed E-state index contributed by atoms with van der Waals surface area (Å²) < 4.78 is 43.3. The Balaban J connectivity index is 1.65. The minimum Gasteiger partial charge on any atom is -0.354 e. The monoisotopic (exact) mass is 577 g/mol. The number of benzene rings is 3. The molecule has 224 valence electrons. The van der Waals surface area contributed by atoms with Gasteiger partial charge < -0.3 is 14.8 Å². The first-order valence-electron chi connectivity index (χ1n) is 14.9. The Morgan fingerprint density at radius 3 is 2.38 bits per heavy atom. The Bertz CT molecular complexity index is 1450. The summed E-state index contributed by atoms with van der Waals surface area (Å²) in [5.74, 6) is -0.706. The third-order valence-electron chi connectivity index (χ3n) is 8.09. The maximum absolute atomic E-state index is 13.7. The topological polar surface area (TPSA) is 37.3 Å². The zero-order chi connectivity index (χ0) is 30.3. The van der Waals surface area contributed by atoms with Crippen molar-refractivity contribution in [1.29, 1.82) is 0 Å². The van der Waals surface area contributed by atoms with Crippen LogP contribution in [0.15, 0.2) is 79.0 Å². The molecule has 3 aromatic carbocycles. The van der Waals surface area contributed by atoms with Gasteiger partial charge in [-0.15, -0.1) is 0 Å². The molecule has 4 rings (SSSR count). The van der Waals surface area contributed by atoms with Gasteiger partial charge in [-0.25, -0.2) is 0 Å². The van der Waals surface area contributed by atoms with Crippen molar-refractivity contribution in [3.05, 3.63) is 107 Å². The van der Waals surface area contributed by atoms with Crippen molar-refractivity contribution >= 4 is 16.8 Å². The fraction of sp³-hybridized carbons (Fsp3) is 0.400. The standard InChI is InChI=1S/C35H42F3N3O/c1-5-40(6-2)20-10-11-26(4)39-34(42)22-31(28-12-9-13-29(21-28)35(36,37)38)32-24-41(33-15-8-7-14-30(32)33)23-27-18-16-25(3)17-19-27/h7-9,12-19,21,24,26,31H,5-6,10-11,20,22-23H2,1-4H3,(H,39,42)/t26-,31+/m0/s1. The number of aromatic nitrogens is 1. The van der Waals surface area contributed by atoms with E-state index in [-0.39, 0.29) is 18.4 Å². The largest absolute Gasteiger partial charge is 0.416 e. The Morgan fingerprint density at radius 1 is 0.976 bits per heavy atom. The lowest BCUT2D eigenvalue weighted by Crippen LogP contribution is -2.34. The average molecular weight is 578 g/mol. The molecule has 0 bridgehead atoms. The summed E-state index contributed by atoms with van der Waals surface area (Å²) in [7, 11) is 0. The minimum absolute atomic E-state index is 0.0295. The summed E-state index contributed by atoms with van der Waals surface area (Å²) in [6.07, 6.45) is -0.600. The molecule has 4 nitrogen and oxygen atoms in total. The summed E-state index contributed by atoms with van der Waals surface area (Å²) in [6.45, 7) is 11.9. The number of hydrogen-bond acceptors (Lipinski definition) is 2. The van der Waals surface area contributed by atoms with Crippen molar-refractivity contribution < 1.29 is 18.0 Å². The van der Waals surface area contributed by atoms with E-state index in [4.69, 9.17) is 0 Å². The summed E-state index contributed by atoms with van der Waals surface area (Å²) >= 11 is 0. The van der Waals surface area contributed by atoms with Crippen LogP contribution >= 0.6 is 0 Å². The Morgan fingerprint density at radius 2 is 1.69 bits per heavy atom. The first kappa shape index (κ1) is 31.4. The maximum atomic E-state index is 13.7. The minimum atomic E-state index is -4.47. The molecule has 0 spiro atoms. The molecule has 4 aromatic rings. The molecule has 0 saturated heterocycles. The maximum Gasteiger partial charge on any atom is 0.416 e. The quantitative estimate of drug-likeness (QED) is 0.174. The number of amides is 1. The van der Waals surface area contributed by atoms with E-state index in [1.165, 1.54) is 17.7 Å². The van der Waals surface area contributed by atoms with E-state index in [0.717, 1.165) is 60.6 Å². The molecule has 1 amide bonds. The second kappa shape index (κ2) is 14.1. The molecule has 0 aliphatic rings. The summed E-state index contributed by atoms with van der Waals surface area (Å²) in [5.41, 5.74) is 3.90. The average Bonchev–Trinajstić information content (AvgIpc) is 3.33. The van der Waals surface area contributed by atoms with E-state index in [1.807, 2.05) is 44.3 Å². The number of fused-ring (bicyclic) bond motifs is 1. The van der Waals surface area contributed by atoms with Gasteiger partial charge in [-0.2, -0.15) is 13.2 Å². The summed E-state index contributed by atoms with van der Waals surface area (Å²) in [4.78, 5) is 15.8. The van der Waals surface area contributed by atoms with Crippen molar-refractivity contribution in [2.75, 3.05) is 19.6 Å². The highest BCUT2D eigenvalue weighted by Gasteiger charge is 2.32. The van der Waals surface area contributed by atoms with Crippen LogP contribution in [-0.2, 0) is 17.5 Å². The second-order valence-electron chi connectivity index (χ2n) is 11.2. The molecular weight excluding hydrogens is 535 g/mol. The number of carbonyl (C=O) groups excluding carboxylic acids is 1. The van der Waals surface area contributed by atoms with Crippen molar-refractivity contribution in [1.82, 2.24) is 14.8 Å². The van der Waals surface area contributed by atoms with Crippen LogP contribution in [0.4, 0.5) is 13.2 Å². The molecule has 1 aromatic heterocycles. The van der Waals surface area contributed by atoms with Gasteiger partial charge in [0.15, 0.2) is 0 Å². The number of halogens is 3. The van der Waals surface area contributed by atoms with Crippen molar-refractivity contribution in [3.8, 4) is 0 Å². The second-order valence-corrected chi connectivity index (χ2v) is 11.2. The number of aryl methyl sites for hydroxylation is 1. The number of alkyl halides is 3. The van der Waals surface area contributed by atoms with Gasteiger partial charge in [0.05, 0.1) is 5.56 Å². The Hall–Kier alpha value is -3.58. The lowest BCUT2D eigenvalue weighted by molar-refractivity contribution is -0.137. The SMILES string of the molecule is CCN(CC)CCC[C@H](C)NC(=O)C[C@H](c1cccc(C(F)(F)F)c1)c1cn(Cc2ccc(C)cc2)c2ccccc12.